The molecule has 8 heteroatoms. The summed E-state index contributed by atoms with van der Waals surface area (Å²) in [5.74, 6) is 0.766. The zero-order valence-electron chi connectivity index (χ0n) is 17.4. The fraction of sp³-hybridized carbons (Fsp3) is 0.318. The Kier molecular flexibility index (Phi) is 10.3. The number of nitrogens with one attached hydrogen (secondary N) is 2. The molecule has 0 saturated heterocycles. The van der Waals surface area contributed by atoms with Crippen LogP contribution < -0.4 is 10.6 Å². The van der Waals surface area contributed by atoms with Crippen LogP contribution in [0.3, 0.4) is 0 Å². The summed E-state index contributed by atoms with van der Waals surface area (Å²) in [6, 6.07) is 17.0. The van der Waals surface area contributed by atoms with Crippen LogP contribution in [0.5, 0.6) is 0 Å². The molecule has 0 aliphatic heterocycles. The quantitative estimate of drug-likeness (QED) is 0.196. The van der Waals surface area contributed by atoms with Crippen molar-refractivity contribution in [3.63, 3.8) is 0 Å². The van der Waals surface area contributed by atoms with Gasteiger partial charge in [0.1, 0.15) is 12.7 Å². The zero-order valence-corrected chi connectivity index (χ0v) is 19.7. The van der Waals surface area contributed by atoms with Gasteiger partial charge in [-0.05, 0) is 29.2 Å². The zero-order chi connectivity index (χ0) is 20.3. The Morgan fingerprint density at radius 1 is 1.10 bits per heavy atom. The first-order valence-corrected chi connectivity index (χ1v) is 9.82. The van der Waals surface area contributed by atoms with Crippen molar-refractivity contribution < 1.29 is 4.74 Å². The van der Waals surface area contributed by atoms with E-state index in [1.165, 1.54) is 22.3 Å². The Labute approximate surface area is 195 Å². The van der Waals surface area contributed by atoms with Crippen LogP contribution in [0.4, 0.5) is 0 Å². The molecule has 0 aliphatic carbocycles. The summed E-state index contributed by atoms with van der Waals surface area (Å²) in [4.78, 5) is 8.26. The second-order valence-corrected chi connectivity index (χ2v) is 6.50. The van der Waals surface area contributed by atoms with Crippen molar-refractivity contribution in [2.45, 2.75) is 20.0 Å². The maximum atomic E-state index is 5.36. The second-order valence-electron chi connectivity index (χ2n) is 6.50. The first-order chi connectivity index (χ1) is 14.3. The first-order valence-electron chi connectivity index (χ1n) is 9.82. The van der Waals surface area contributed by atoms with E-state index in [1.54, 1.807) is 19.7 Å². The molecule has 0 unspecified atom stereocenters. The number of rotatable bonds is 9. The number of guanidine groups is 1. The number of aromatic nitrogens is 3. The summed E-state index contributed by atoms with van der Waals surface area (Å²) in [5, 5.41) is 10.8. The van der Waals surface area contributed by atoms with Gasteiger partial charge in [0.2, 0.25) is 0 Å². The van der Waals surface area contributed by atoms with Crippen molar-refractivity contribution in [3.05, 3.63) is 72.3 Å². The number of nitrogens with zero attached hydrogens (tertiary/aromatic N) is 4. The van der Waals surface area contributed by atoms with E-state index in [2.05, 4.69) is 74.2 Å². The molecular weight excluding hydrogens is 491 g/mol. The molecule has 2 N–H and O–H groups in total. The maximum absolute atomic E-state index is 5.36. The van der Waals surface area contributed by atoms with Gasteiger partial charge in [-0.2, -0.15) is 5.10 Å². The summed E-state index contributed by atoms with van der Waals surface area (Å²) in [6.45, 7) is 5.50. The van der Waals surface area contributed by atoms with Crippen LogP contribution in [0.15, 0.2) is 66.2 Å². The molecule has 0 spiro atoms. The average molecular weight is 520 g/mol. The Bertz CT molecular complexity index is 896. The molecule has 30 heavy (non-hydrogen) atoms. The van der Waals surface area contributed by atoms with Crippen LogP contribution in [0.1, 0.15) is 18.1 Å². The van der Waals surface area contributed by atoms with Crippen molar-refractivity contribution >= 4 is 29.9 Å². The highest BCUT2D eigenvalue weighted by molar-refractivity contribution is 14.0. The molecule has 0 aliphatic rings. The predicted octanol–water partition coefficient (Wildman–Crippen LogP) is 3.31. The lowest BCUT2D eigenvalue weighted by Gasteiger charge is -2.15. The molecule has 1 aromatic heterocycles. The van der Waals surface area contributed by atoms with E-state index in [0.29, 0.717) is 19.7 Å². The van der Waals surface area contributed by atoms with Crippen LogP contribution in [0, 0.1) is 0 Å². The monoisotopic (exact) mass is 520 g/mol. The third-order valence-corrected chi connectivity index (χ3v) is 4.51. The Morgan fingerprint density at radius 3 is 2.60 bits per heavy atom. The van der Waals surface area contributed by atoms with E-state index < -0.39 is 0 Å². The number of hydrogen-bond acceptors (Lipinski definition) is 4. The third-order valence-electron chi connectivity index (χ3n) is 4.51. The number of aliphatic imine (C=N–C) groups is 1. The molecule has 3 aromatic rings. The van der Waals surface area contributed by atoms with Crippen molar-refractivity contribution in [1.29, 1.82) is 0 Å². The normalized spacial score (nSPS) is 11.1. The third kappa shape index (κ3) is 7.10. The van der Waals surface area contributed by atoms with Gasteiger partial charge in [-0.25, -0.2) is 9.67 Å². The Balaban J connectivity index is 0.00000320. The van der Waals surface area contributed by atoms with Crippen LogP contribution in [0.2, 0.25) is 0 Å². The summed E-state index contributed by atoms with van der Waals surface area (Å²) in [7, 11) is 1.77. The standard InChI is InChI=1S/C22H28N6O.HI/c1-3-29-13-12-25-22(23-2)26-14-20-6-4-5-7-21(20)19-10-8-18(9-11-19)15-28-17-24-16-27-28;/h4-11,16-17H,3,12-15H2,1-2H3,(H2,23,25,26);1H. The van der Waals surface area contributed by atoms with E-state index in [9.17, 15) is 0 Å². The van der Waals surface area contributed by atoms with E-state index in [4.69, 9.17) is 4.74 Å². The fourth-order valence-corrected chi connectivity index (χ4v) is 3.03. The molecule has 0 bridgehead atoms. The number of benzene rings is 2. The van der Waals surface area contributed by atoms with E-state index >= 15 is 0 Å². The second kappa shape index (κ2) is 13.0. The Morgan fingerprint density at radius 2 is 1.90 bits per heavy atom. The van der Waals surface area contributed by atoms with Gasteiger partial charge in [0.15, 0.2) is 5.96 Å². The molecule has 1 heterocycles. The Hall–Kier alpha value is -2.46. The highest BCUT2D eigenvalue weighted by atomic mass is 127. The highest BCUT2D eigenvalue weighted by Crippen LogP contribution is 2.24. The molecule has 0 saturated carbocycles. The lowest BCUT2D eigenvalue weighted by Crippen LogP contribution is -2.38. The maximum Gasteiger partial charge on any atom is 0.191 e. The van der Waals surface area contributed by atoms with Crippen molar-refractivity contribution in [2.24, 2.45) is 4.99 Å². The molecule has 3 rings (SSSR count). The van der Waals surface area contributed by atoms with Gasteiger partial charge in [-0.15, -0.1) is 24.0 Å². The summed E-state index contributed by atoms with van der Waals surface area (Å²) < 4.78 is 7.17. The van der Waals surface area contributed by atoms with Gasteiger partial charge in [0.05, 0.1) is 13.2 Å². The molecule has 0 atom stereocenters. The van der Waals surface area contributed by atoms with E-state index in [1.807, 2.05) is 11.6 Å². The van der Waals surface area contributed by atoms with Crippen LogP contribution in [-0.4, -0.2) is 47.5 Å². The molecule has 0 radical (unpaired) electrons. The first kappa shape index (κ1) is 23.8. The van der Waals surface area contributed by atoms with Crippen LogP contribution in [-0.2, 0) is 17.8 Å². The van der Waals surface area contributed by atoms with Gasteiger partial charge < -0.3 is 15.4 Å². The predicted molar refractivity (Wildman–Crippen MR) is 131 cm³/mol. The van der Waals surface area contributed by atoms with Crippen LogP contribution in [0.25, 0.3) is 11.1 Å². The summed E-state index contributed by atoms with van der Waals surface area (Å²) in [6.07, 6.45) is 3.28. The van der Waals surface area contributed by atoms with Gasteiger partial charge in [-0.1, -0.05) is 48.5 Å². The van der Waals surface area contributed by atoms with Crippen molar-refractivity contribution in [3.8, 4) is 11.1 Å². The van der Waals surface area contributed by atoms with Crippen molar-refractivity contribution in [1.82, 2.24) is 25.4 Å². The van der Waals surface area contributed by atoms with Gasteiger partial charge in [0.25, 0.3) is 0 Å². The smallest absolute Gasteiger partial charge is 0.191 e. The topological polar surface area (TPSA) is 76.4 Å². The average Bonchev–Trinajstić information content (AvgIpc) is 3.27. The lowest BCUT2D eigenvalue weighted by molar-refractivity contribution is 0.152. The van der Waals surface area contributed by atoms with Gasteiger partial charge in [-0.3, -0.25) is 4.99 Å². The fourth-order valence-electron chi connectivity index (χ4n) is 3.03. The number of ether oxygens (including phenoxy) is 1. The minimum absolute atomic E-state index is 0. The highest BCUT2D eigenvalue weighted by Gasteiger charge is 2.06. The molecule has 0 amide bonds. The minimum Gasteiger partial charge on any atom is -0.380 e. The largest absolute Gasteiger partial charge is 0.380 e. The number of halogens is 1. The van der Waals surface area contributed by atoms with E-state index in [0.717, 1.165) is 19.1 Å². The van der Waals surface area contributed by atoms with Gasteiger partial charge >= 0.3 is 0 Å². The number of hydrogen-bond donors (Lipinski definition) is 2. The van der Waals surface area contributed by atoms with Crippen LogP contribution >= 0.6 is 24.0 Å². The minimum atomic E-state index is 0. The molecule has 0 fully saturated rings. The molecule has 160 valence electrons. The van der Waals surface area contributed by atoms with E-state index in [-0.39, 0.29) is 24.0 Å². The molecule has 2 aromatic carbocycles. The SMILES string of the molecule is CCOCCNC(=NC)NCc1ccccc1-c1ccc(Cn2cncn2)cc1.I. The molecule has 7 nitrogen and oxygen atoms in total. The lowest BCUT2D eigenvalue weighted by atomic mass is 9.98. The molecular formula is C22H29IN6O. The summed E-state index contributed by atoms with van der Waals surface area (Å²) in [5.41, 5.74) is 4.79. The summed E-state index contributed by atoms with van der Waals surface area (Å²) >= 11 is 0. The van der Waals surface area contributed by atoms with Gasteiger partial charge in [0, 0.05) is 26.7 Å². The van der Waals surface area contributed by atoms with Crippen molar-refractivity contribution in [2.75, 3.05) is 26.8 Å².